The maximum atomic E-state index is 11.7. The van der Waals surface area contributed by atoms with E-state index < -0.39 is 11.9 Å². The first-order valence-corrected chi connectivity index (χ1v) is 9.38. The molecule has 0 saturated heterocycles. The average molecular weight is 328 g/mol. The molecule has 2 atom stereocenters. The topological polar surface area (TPSA) is 52.6 Å². The molecule has 4 heteroatoms. The van der Waals surface area contributed by atoms with Crippen LogP contribution < -0.4 is 0 Å². The van der Waals surface area contributed by atoms with Gasteiger partial charge >= 0.3 is 11.9 Å². The van der Waals surface area contributed by atoms with Gasteiger partial charge in [0.25, 0.3) is 0 Å². The predicted molar refractivity (Wildman–Crippen MR) is 93.2 cm³/mol. The molecular formula is C19H36O4. The summed E-state index contributed by atoms with van der Waals surface area (Å²) in [4.78, 5) is 23.4. The first-order chi connectivity index (χ1) is 11.0. The van der Waals surface area contributed by atoms with Crippen molar-refractivity contribution in [2.45, 2.75) is 111 Å². The second-order valence-electron chi connectivity index (χ2n) is 6.48. The highest BCUT2D eigenvalue weighted by Crippen LogP contribution is 2.11. The van der Waals surface area contributed by atoms with E-state index in [4.69, 9.17) is 9.47 Å². The van der Waals surface area contributed by atoms with Crippen LogP contribution in [-0.4, -0.2) is 24.1 Å². The van der Waals surface area contributed by atoms with Gasteiger partial charge in [0.2, 0.25) is 0 Å². The Morgan fingerprint density at radius 3 is 1.43 bits per heavy atom. The monoisotopic (exact) mass is 328 g/mol. The van der Waals surface area contributed by atoms with Crippen molar-refractivity contribution in [1.29, 1.82) is 0 Å². The largest absolute Gasteiger partial charge is 0.462 e. The van der Waals surface area contributed by atoms with Crippen LogP contribution in [0.1, 0.15) is 98.3 Å². The maximum absolute atomic E-state index is 11.7. The van der Waals surface area contributed by atoms with Gasteiger partial charge in [0.15, 0.2) is 0 Å². The molecule has 0 N–H and O–H groups in total. The van der Waals surface area contributed by atoms with E-state index in [-0.39, 0.29) is 18.6 Å². The summed E-state index contributed by atoms with van der Waals surface area (Å²) in [6, 6.07) is 0. The van der Waals surface area contributed by atoms with Gasteiger partial charge in [-0.2, -0.15) is 0 Å². The molecule has 23 heavy (non-hydrogen) atoms. The molecule has 0 saturated carbocycles. The van der Waals surface area contributed by atoms with Crippen molar-refractivity contribution < 1.29 is 19.1 Å². The molecule has 0 aliphatic heterocycles. The number of esters is 2. The van der Waals surface area contributed by atoms with Crippen molar-refractivity contribution in [3.63, 3.8) is 0 Å². The Bertz CT molecular complexity index is 284. The molecular weight excluding hydrogens is 292 g/mol. The first kappa shape index (κ1) is 21.9. The fourth-order valence-corrected chi connectivity index (χ4v) is 2.48. The highest BCUT2D eigenvalue weighted by molar-refractivity contribution is 5.91. The van der Waals surface area contributed by atoms with Crippen molar-refractivity contribution in [2.24, 2.45) is 0 Å². The van der Waals surface area contributed by atoms with E-state index in [1.165, 1.54) is 25.7 Å². The molecule has 2 unspecified atom stereocenters. The van der Waals surface area contributed by atoms with Crippen molar-refractivity contribution in [1.82, 2.24) is 0 Å². The van der Waals surface area contributed by atoms with Crippen LogP contribution in [-0.2, 0) is 19.1 Å². The van der Waals surface area contributed by atoms with E-state index >= 15 is 0 Å². The van der Waals surface area contributed by atoms with Crippen LogP contribution in [0.2, 0.25) is 0 Å². The Morgan fingerprint density at radius 1 is 0.696 bits per heavy atom. The van der Waals surface area contributed by atoms with Crippen molar-refractivity contribution in [3.05, 3.63) is 0 Å². The van der Waals surface area contributed by atoms with Crippen LogP contribution in [0, 0.1) is 0 Å². The number of hydrogen-bond acceptors (Lipinski definition) is 4. The standard InChI is InChI=1S/C19H36O4/c1-5-7-9-11-13-16(3)22-18(20)15-19(21)23-17(4)14-12-10-8-6-2/h16-17H,5-15H2,1-4H3. The van der Waals surface area contributed by atoms with Crippen molar-refractivity contribution in [3.8, 4) is 0 Å². The van der Waals surface area contributed by atoms with Gasteiger partial charge in [0.1, 0.15) is 6.42 Å². The summed E-state index contributed by atoms with van der Waals surface area (Å²) in [6.07, 6.45) is 10.4. The third-order valence-corrected chi connectivity index (χ3v) is 3.88. The van der Waals surface area contributed by atoms with Crippen molar-refractivity contribution in [2.75, 3.05) is 0 Å². The molecule has 0 aliphatic carbocycles. The second-order valence-corrected chi connectivity index (χ2v) is 6.48. The van der Waals surface area contributed by atoms with Gasteiger partial charge in [-0.05, 0) is 39.5 Å². The molecule has 0 heterocycles. The Balaban J connectivity index is 3.76. The number of ether oxygens (including phenoxy) is 2. The van der Waals surface area contributed by atoms with E-state index in [0.717, 1.165) is 38.5 Å². The minimum absolute atomic E-state index is 0.126. The number of hydrogen-bond donors (Lipinski definition) is 0. The molecule has 4 nitrogen and oxygen atoms in total. The normalized spacial score (nSPS) is 13.4. The van der Waals surface area contributed by atoms with Gasteiger partial charge < -0.3 is 9.47 Å². The highest BCUT2D eigenvalue weighted by Gasteiger charge is 2.17. The van der Waals surface area contributed by atoms with Crippen LogP contribution >= 0.6 is 0 Å². The average Bonchev–Trinajstić information content (AvgIpc) is 2.47. The van der Waals surface area contributed by atoms with Gasteiger partial charge in [0, 0.05) is 0 Å². The van der Waals surface area contributed by atoms with Crippen LogP contribution in [0.4, 0.5) is 0 Å². The lowest BCUT2D eigenvalue weighted by atomic mass is 10.1. The molecule has 0 bridgehead atoms. The Kier molecular flexibility index (Phi) is 13.9. The molecule has 0 fully saturated rings. The summed E-state index contributed by atoms with van der Waals surface area (Å²) in [5, 5.41) is 0. The molecule has 0 amide bonds. The molecule has 136 valence electrons. The summed E-state index contributed by atoms with van der Waals surface area (Å²) in [5.41, 5.74) is 0. The van der Waals surface area contributed by atoms with E-state index in [2.05, 4.69) is 13.8 Å². The van der Waals surface area contributed by atoms with Gasteiger partial charge in [-0.1, -0.05) is 52.4 Å². The molecule has 0 aromatic rings. The fourth-order valence-electron chi connectivity index (χ4n) is 2.48. The summed E-state index contributed by atoms with van der Waals surface area (Å²) in [6.45, 7) is 8.09. The third-order valence-electron chi connectivity index (χ3n) is 3.88. The lowest BCUT2D eigenvalue weighted by Crippen LogP contribution is -2.21. The van der Waals surface area contributed by atoms with Crippen LogP contribution in [0.3, 0.4) is 0 Å². The minimum Gasteiger partial charge on any atom is -0.462 e. The van der Waals surface area contributed by atoms with Gasteiger partial charge in [-0.25, -0.2) is 0 Å². The molecule has 0 rings (SSSR count). The van der Waals surface area contributed by atoms with Crippen LogP contribution in [0.5, 0.6) is 0 Å². The van der Waals surface area contributed by atoms with E-state index in [1.54, 1.807) is 0 Å². The Labute approximate surface area is 142 Å². The van der Waals surface area contributed by atoms with Gasteiger partial charge in [-0.15, -0.1) is 0 Å². The SMILES string of the molecule is CCCCCCC(C)OC(=O)CC(=O)OC(C)CCCCCC. The summed E-state index contributed by atoms with van der Waals surface area (Å²) in [5.74, 6) is -0.952. The lowest BCUT2D eigenvalue weighted by molar-refractivity contribution is -0.159. The molecule has 0 aromatic heterocycles. The summed E-state index contributed by atoms with van der Waals surface area (Å²) >= 11 is 0. The fraction of sp³-hybridized carbons (Fsp3) is 0.895. The zero-order valence-electron chi connectivity index (χ0n) is 15.6. The highest BCUT2D eigenvalue weighted by atomic mass is 16.6. The summed E-state index contributed by atoms with van der Waals surface area (Å²) < 4.78 is 10.5. The van der Waals surface area contributed by atoms with Gasteiger partial charge in [0.05, 0.1) is 12.2 Å². The quantitative estimate of drug-likeness (QED) is 0.250. The number of rotatable bonds is 14. The Morgan fingerprint density at radius 2 is 1.09 bits per heavy atom. The van der Waals surface area contributed by atoms with E-state index in [9.17, 15) is 9.59 Å². The number of unbranched alkanes of at least 4 members (excludes halogenated alkanes) is 6. The summed E-state index contributed by atoms with van der Waals surface area (Å²) in [7, 11) is 0. The molecule has 0 aliphatic rings. The number of carbonyl (C=O) groups is 2. The number of carbonyl (C=O) groups excluding carboxylic acids is 2. The van der Waals surface area contributed by atoms with E-state index in [1.807, 2.05) is 13.8 Å². The van der Waals surface area contributed by atoms with Gasteiger partial charge in [-0.3, -0.25) is 9.59 Å². The van der Waals surface area contributed by atoms with Crippen LogP contribution in [0.15, 0.2) is 0 Å². The predicted octanol–water partition coefficient (Wildman–Crippen LogP) is 5.18. The zero-order chi connectivity index (χ0) is 17.5. The van der Waals surface area contributed by atoms with Crippen molar-refractivity contribution >= 4 is 11.9 Å². The molecule has 0 spiro atoms. The third kappa shape index (κ3) is 14.3. The first-order valence-electron chi connectivity index (χ1n) is 9.38. The Hall–Kier alpha value is -1.06. The zero-order valence-corrected chi connectivity index (χ0v) is 15.6. The van der Waals surface area contributed by atoms with E-state index in [0.29, 0.717) is 0 Å². The molecule has 0 aromatic carbocycles. The second kappa shape index (κ2) is 14.5. The minimum atomic E-state index is -0.476. The lowest BCUT2D eigenvalue weighted by Gasteiger charge is -2.15. The van der Waals surface area contributed by atoms with Crippen LogP contribution in [0.25, 0.3) is 0 Å². The molecule has 0 radical (unpaired) electrons. The smallest absolute Gasteiger partial charge is 0.317 e. The maximum Gasteiger partial charge on any atom is 0.317 e.